The molecule has 2 aliphatic heterocycles. The van der Waals surface area contributed by atoms with Crippen LogP contribution in [0.2, 0.25) is 0 Å². The Bertz CT molecular complexity index is 166. The molecule has 15 heavy (non-hydrogen) atoms. The normalized spacial score (nSPS) is 19.3. The van der Waals surface area contributed by atoms with Crippen molar-refractivity contribution in [2.75, 3.05) is 26.2 Å². The number of carbonyl (C=O) groups is 1. The summed E-state index contributed by atoms with van der Waals surface area (Å²) in [5, 5.41) is 2.79. The molecule has 0 radical (unpaired) electrons. The third-order valence-electron chi connectivity index (χ3n) is 2.28. The smallest absolute Gasteiger partial charge is 0.219 e. The standard InChI is InChI=1S/C6H11NO.C3H6FN.C2H6/c1-6(8)7-4-2-3-5-7;4-3-1-5-2-3;1-2/h2-5H2,1H3;3,5H,1-2H2;1-2H3. The Kier molecular flexibility index (Phi) is 8.28. The van der Waals surface area contributed by atoms with Crippen molar-refractivity contribution >= 4 is 5.91 Å². The molecule has 0 unspecified atom stereocenters. The van der Waals surface area contributed by atoms with Gasteiger partial charge in [0.2, 0.25) is 5.91 Å². The van der Waals surface area contributed by atoms with Crippen LogP contribution in [0.4, 0.5) is 4.39 Å². The minimum Gasteiger partial charge on any atom is -0.343 e. The van der Waals surface area contributed by atoms with E-state index in [0.717, 1.165) is 13.1 Å². The van der Waals surface area contributed by atoms with Crippen LogP contribution in [0.3, 0.4) is 0 Å². The van der Waals surface area contributed by atoms with E-state index in [2.05, 4.69) is 5.32 Å². The number of nitrogens with zero attached hydrogens (tertiary/aromatic N) is 1. The molecule has 90 valence electrons. The van der Waals surface area contributed by atoms with E-state index in [0.29, 0.717) is 13.1 Å². The van der Waals surface area contributed by atoms with Crippen molar-refractivity contribution in [2.24, 2.45) is 0 Å². The van der Waals surface area contributed by atoms with Crippen molar-refractivity contribution in [1.29, 1.82) is 0 Å². The number of carbonyl (C=O) groups excluding carboxylic acids is 1. The maximum absolute atomic E-state index is 11.5. The predicted octanol–water partition coefficient (Wildman–Crippen LogP) is 1.58. The minimum absolute atomic E-state index is 0.225. The topological polar surface area (TPSA) is 32.3 Å². The predicted molar refractivity (Wildman–Crippen MR) is 60.6 cm³/mol. The second-order valence-corrected chi connectivity index (χ2v) is 3.47. The van der Waals surface area contributed by atoms with Crippen molar-refractivity contribution in [3.05, 3.63) is 0 Å². The van der Waals surface area contributed by atoms with E-state index in [4.69, 9.17) is 0 Å². The first kappa shape index (κ1) is 14.4. The molecule has 2 heterocycles. The third kappa shape index (κ3) is 6.44. The van der Waals surface area contributed by atoms with Gasteiger partial charge in [-0.2, -0.15) is 0 Å². The summed E-state index contributed by atoms with van der Waals surface area (Å²) in [6.45, 7) is 8.73. The van der Waals surface area contributed by atoms with Crippen LogP contribution >= 0.6 is 0 Å². The van der Waals surface area contributed by atoms with Gasteiger partial charge in [-0.3, -0.25) is 4.79 Å². The minimum atomic E-state index is -0.546. The molecule has 2 saturated heterocycles. The van der Waals surface area contributed by atoms with Crippen molar-refractivity contribution < 1.29 is 9.18 Å². The lowest BCUT2D eigenvalue weighted by Crippen LogP contribution is -2.43. The third-order valence-corrected chi connectivity index (χ3v) is 2.28. The summed E-state index contributed by atoms with van der Waals surface area (Å²) in [7, 11) is 0. The molecule has 2 rings (SSSR count). The molecule has 0 aromatic rings. The van der Waals surface area contributed by atoms with E-state index < -0.39 is 6.17 Å². The molecule has 0 bridgehead atoms. The lowest BCUT2D eigenvalue weighted by Gasteiger charge is -2.17. The maximum Gasteiger partial charge on any atom is 0.219 e. The molecular weight excluding hydrogens is 195 g/mol. The first-order chi connectivity index (χ1) is 7.20. The summed E-state index contributed by atoms with van der Waals surface area (Å²) in [6.07, 6.45) is 1.84. The number of rotatable bonds is 0. The molecular formula is C11H23FN2O. The van der Waals surface area contributed by atoms with Crippen LogP contribution in [0.25, 0.3) is 0 Å². The molecule has 0 aromatic heterocycles. The Balaban J connectivity index is 0.000000241. The Labute approximate surface area is 92.0 Å². The van der Waals surface area contributed by atoms with Crippen molar-refractivity contribution in [3.63, 3.8) is 0 Å². The first-order valence-electron chi connectivity index (χ1n) is 5.80. The number of hydrogen-bond donors (Lipinski definition) is 1. The van der Waals surface area contributed by atoms with E-state index in [9.17, 15) is 9.18 Å². The van der Waals surface area contributed by atoms with E-state index >= 15 is 0 Å². The molecule has 0 saturated carbocycles. The second kappa shape index (κ2) is 8.65. The van der Waals surface area contributed by atoms with Gasteiger partial charge >= 0.3 is 0 Å². The van der Waals surface area contributed by atoms with Crippen LogP contribution in [0, 0.1) is 0 Å². The number of alkyl halides is 1. The molecule has 0 aliphatic carbocycles. The van der Waals surface area contributed by atoms with E-state index in [1.165, 1.54) is 12.8 Å². The van der Waals surface area contributed by atoms with E-state index in [1.807, 2.05) is 18.7 Å². The lowest BCUT2D eigenvalue weighted by molar-refractivity contribution is -0.127. The van der Waals surface area contributed by atoms with Gasteiger partial charge in [0.1, 0.15) is 6.17 Å². The molecule has 2 fully saturated rings. The summed E-state index contributed by atoms with van der Waals surface area (Å²) in [5.74, 6) is 0.225. The average molecular weight is 218 g/mol. The van der Waals surface area contributed by atoms with Crippen LogP contribution in [0.1, 0.15) is 33.6 Å². The van der Waals surface area contributed by atoms with Gasteiger partial charge in [-0.15, -0.1) is 0 Å². The molecule has 0 spiro atoms. The van der Waals surface area contributed by atoms with Gasteiger partial charge < -0.3 is 10.2 Å². The zero-order valence-corrected chi connectivity index (χ0v) is 10.1. The fraction of sp³-hybridized carbons (Fsp3) is 0.909. The fourth-order valence-corrected chi connectivity index (χ4v) is 1.29. The molecule has 0 atom stereocenters. The number of amides is 1. The molecule has 1 amide bonds. The molecule has 4 heteroatoms. The second-order valence-electron chi connectivity index (χ2n) is 3.47. The van der Waals surface area contributed by atoms with E-state index in [1.54, 1.807) is 6.92 Å². The quantitative estimate of drug-likeness (QED) is 0.669. The highest BCUT2D eigenvalue weighted by atomic mass is 19.1. The highest BCUT2D eigenvalue weighted by Gasteiger charge is 2.13. The summed E-state index contributed by atoms with van der Waals surface area (Å²) >= 11 is 0. The summed E-state index contributed by atoms with van der Waals surface area (Å²) in [4.78, 5) is 12.5. The summed E-state index contributed by atoms with van der Waals surface area (Å²) < 4.78 is 11.5. The average Bonchev–Trinajstić information content (AvgIpc) is 2.72. The largest absolute Gasteiger partial charge is 0.343 e. The van der Waals surface area contributed by atoms with Gasteiger partial charge in [0.25, 0.3) is 0 Å². The van der Waals surface area contributed by atoms with Crippen LogP contribution < -0.4 is 5.32 Å². The highest BCUT2D eigenvalue weighted by Crippen LogP contribution is 2.06. The lowest BCUT2D eigenvalue weighted by atomic mass is 10.3. The van der Waals surface area contributed by atoms with Gasteiger partial charge in [-0.05, 0) is 12.8 Å². The maximum atomic E-state index is 11.5. The Morgan fingerprint density at radius 3 is 1.80 bits per heavy atom. The van der Waals surface area contributed by atoms with Crippen molar-refractivity contribution in [1.82, 2.24) is 10.2 Å². The number of halogens is 1. The van der Waals surface area contributed by atoms with Gasteiger partial charge in [0, 0.05) is 33.1 Å². The van der Waals surface area contributed by atoms with Gasteiger partial charge in [0.05, 0.1) is 0 Å². The van der Waals surface area contributed by atoms with Crippen LogP contribution in [0.5, 0.6) is 0 Å². The number of likely N-dealkylation sites (tertiary alicyclic amines) is 1. The number of hydrogen-bond acceptors (Lipinski definition) is 2. The Morgan fingerprint density at radius 2 is 1.67 bits per heavy atom. The summed E-state index contributed by atoms with van der Waals surface area (Å²) in [6, 6.07) is 0. The van der Waals surface area contributed by atoms with Crippen molar-refractivity contribution in [2.45, 2.75) is 39.8 Å². The first-order valence-corrected chi connectivity index (χ1v) is 5.80. The Hall–Kier alpha value is -0.640. The SMILES string of the molecule is CC.CC(=O)N1CCCC1.FC1CNC1. The zero-order chi connectivity index (χ0) is 11.7. The summed E-state index contributed by atoms with van der Waals surface area (Å²) in [5.41, 5.74) is 0. The van der Waals surface area contributed by atoms with E-state index in [-0.39, 0.29) is 5.91 Å². The Morgan fingerprint density at radius 1 is 1.27 bits per heavy atom. The van der Waals surface area contributed by atoms with Gasteiger partial charge in [-0.25, -0.2) is 4.39 Å². The van der Waals surface area contributed by atoms with Crippen LogP contribution in [0.15, 0.2) is 0 Å². The molecule has 3 nitrogen and oxygen atoms in total. The number of nitrogens with one attached hydrogen (secondary N) is 1. The molecule has 0 aromatic carbocycles. The van der Waals surface area contributed by atoms with Gasteiger partial charge in [-0.1, -0.05) is 13.8 Å². The van der Waals surface area contributed by atoms with Crippen LogP contribution in [-0.4, -0.2) is 43.2 Å². The molecule has 2 aliphatic rings. The van der Waals surface area contributed by atoms with Crippen molar-refractivity contribution in [3.8, 4) is 0 Å². The monoisotopic (exact) mass is 218 g/mol. The van der Waals surface area contributed by atoms with Gasteiger partial charge in [0.15, 0.2) is 0 Å². The van der Waals surface area contributed by atoms with Crippen LogP contribution in [-0.2, 0) is 4.79 Å². The fourth-order valence-electron chi connectivity index (χ4n) is 1.29. The zero-order valence-electron chi connectivity index (χ0n) is 10.1. The molecule has 1 N–H and O–H groups in total. The highest BCUT2D eigenvalue weighted by molar-refractivity contribution is 5.73.